The van der Waals surface area contributed by atoms with Gasteiger partial charge in [-0.15, -0.1) is 0 Å². The normalized spacial score (nSPS) is 10.0. The van der Waals surface area contributed by atoms with Crippen LogP contribution in [0.2, 0.25) is 0 Å². The van der Waals surface area contributed by atoms with Crippen LogP contribution in [0.4, 0.5) is 0 Å². The SMILES string of the molecule is O=Cc1cc(C(=O)O)nn1-c1ccncc1. The van der Waals surface area contributed by atoms with Crippen molar-refractivity contribution in [2.45, 2.75) is 0 Å². The van der Waals surface area contributed by atoms with Gasteiger partial charge in [0.15, 0.2) is 12.0 Å². The zero-order chi connectivity index (χ0) is 11.5. The number of carbonyl (C=O) groups excluding carboxylic acids is 1. The van der Waals surface area contributed by atoms with Gasteiger partial charge < -0.3 is 5.11 Å². The van der Waals surface area contributed by atoms with Gasteiger partial charge in [0.05, 0.1) is 5.69 Å². The maximum Gasteiger partial charge on any atom is 0.356 e. The highest BCUT2D eigenvalue weighted by Crippen LogP contribution is 2.10. The van der Waals surface area contributed by atoms with E-state index in [-0.39, 0.29) is 11.4 Å². The van der Waals surface area contributed by atoms with E-state index < -0.39 is 5.97 Å². The molecule has 2 rings (SSSR count). The molecule has 0 spiro atoms. The number of hydrogen-bond acceptors (Lipinski definition) is 4. The maximum absolute atomic E-state index is 10.8. The Kier molecular flexibility index (Phi) is 2.47. The Morgan fingerprint density at radius 3 is 2.62 bits per heavy atom. The third kappa shape index (κ3) is 1.68. The van der Waals surface area contributed by atoms with Crippen LogP contribution in [-0.4, -0.2) is 32.1 Å². The van der Waals surface area contributed by atoms with Crippen molar-refractivity contribution < 1.29 is 14.7 Å². The van der Waals surface area contributed by atoms with Crippen LogP contribution in [0.15, 0.2) is 30.6 Å². The molecule has 0 radical (unpaired) electrons. The second kappa shape index (κ2) is 3.93. The van der Waals surface area contributed by atoms with E-state index in [0.717, 1.165) is 0 Å². The summed E-state index contributed by atoms with van der Waals surface area (Å²) in [7, 11) is 0. The first-order chi connectivity index (χ1) is 7.72. The standard InChI is InChI=1S/C10H7N3O3/c14-6-8-5-9(10(15)16)12-13(8)7-1-3-11-4-2-7/h1-6H,(H,15,16). The Hall–Kier alpha value is -2.50. The number of carboxylic acid groups (broad SMARTS) is 1. The van der Waals surface area contributed by atoms with Crippen LogP contribution in [-0.2, 0) is 0 Å². The summed E-state index contributed by atoms with van der Waals surface area (Å²) in [6.45, 7) is 0. The minimum Gasteiger partial charge on any atom is -0.476 e. The molecule has 0 fully saturated rings. The molecule has 1 N–H and O–H groups in total. The van der Waals surface area contributed by atoms with Crippen molar-refractivity contribution in [3.05, 3.63) is 42.0 Å². The van der Waals surface area contributed by atoms with Crippen molar-refractivity contribution >= 4 is 12.3 Å². The van der Waals surface area contributed by atoms with E-state index >= 15 is 0 Å². The highest BCUT2D eigenvalue weighted by molar-refractivity contribution is 5.88. The summed E-state index contributed by atoms with van der Waals surface area (Å²) in [6, 6.07) is 4.48. The Bertz CT molecular complexity index is 533. The molecule has 80 valence electrons. The first-order valence-corrected chi connectivity index (χ1v) is 4.41. The molecular weight excluding hydrogens is 210 g/mol. The van der Waals surface area contributed by atoms with Gasteiger partial charge in [-0.2, -0.15) is 5.10 Å². The van der Waals surface area contributed by atoms with Crippen molar-refractivity contribution in [1.82, 2.24) is 14.8 Å². The summed E-state index contributed by atoms with van der Waals surface area (Å²) in [5, 5.41) is 12.6. The van der Waals surface area contributed by atoms with Crippen molar-refractivity contribution in [1.29, 1.82) is 0 Å². The zero-order valence-electron chi connectivity index (χ0n) is 8.07. The number of rotatable bonds is 3. The molecule has 0 aliphatic heterocycles. The summed E-state index contributed by atoms with van der Waals surface area (Å²) in [5.41, 5.74) is 0.604. The fourth-order valence-corrected chi connectivity index (χ4v) is 1.28. The largest absolute Gasteiger partial charge is 0.476 e. The van der Waals surface area contributed by atoms with Crippen LogP contribution in [0.25, 0.3) is 5.69 Å². The molecule has 16 heavy (non-hydrogen) atoms. The molecule has 6 nitrogen and oxygen atoms in total. The Labute approximate surface area is 90.2 Å². The van der Waals surface area contributed by atoms with Crippen LogP contribution in [0, 0.1) is 0 Å². The van der Waals surface area contributed by atoms with E-state index in [2.05, 4.69) is 10.1 Å². The van der Waals surface area contributed by atoms with Gasteiger partial charge in [0.2, 0.25) is 0 Å². The maximum atomic E-state index is 10.8. The van der Waals surface area contributed by atoms with Gasteiger partial charge in [-0.3, -0.25) is 9.78 Å². The van der Waals surface area contributed by atoms with Gasteiger partial charge >= 0.3 is 5.97 Å². The van der Waals surface area contributed by atoms with Gasteiger partial charge in [0.25, 0.3) is 0 Å². The van der Waals surface area contributed by atoms with Crippen LogP contribution >= 0.6 is 0 Å². The summed E-state index contributed by atoms with van der Waals surface area (Å²) in [5.74, 6) is -1.17. The molecule has 0 bridgehead atoms. The van der Waals surface area contributed by atoms with Crippen LogP contribution in [0.5, 0.6) is 0 Å². The van der Waals surface area contributed by atoms with Gasteiger partial charge in [-0.1, -0.05) is 0 Å². The van der Waals surface area contributed by atoms with E-state index in [1.807, 2.05) is 0 Å². The van der Waals surface area contributed by atoms with Gasteiger partial charge in [0.1, 0.15) is 5.69 Å². The lowest BCUT2D eigenvalue weighted by atomic mass is 10.3. The fraction of sp³-hybridized carbons (Fsp3) is 0. The molecule has 2 aromatic heterocycles. The number of carboxylic acids is 1. The lowest BCUT2D eigenvalue weighted by Gasteiger charge is -2.01. The monoisotopic (exact) mass is 217 g/mol. The highest BCUT2D eigenvalue weighted by Gasteiger charge is 2.13. The highest BCUT2D eigenvalue weighted by atomic mass is 16.4. The first kappa shape index (κ1) is 10.0. The Morgan fingerprint density at radius 2 is 2.06 bits per heavy atom. The van der Waals surface area contributed by atoms with Crippen molar-refractivity contribution in [3.8, 4) is 5.69 Å². The van der Waals surface area contributed by atoms with E-state index in [4.69, 9.17) is 5.11 Å². The zero-order valence-corrected chi connectivity index (χ0v) is 8.07. The first-order valence-electron chi connectivity index (χ1n) is 4.41. The van der Waals surface area contributed by atoms with E-state index in [0.29, 0.717) is 12.0 Å². The second-order valence-corrected chi connectivity index (χ2v) is 2.99. The third-order valence-electron chi connectivity index (χ3n) is 1.98. The van der Waals surface area contributed by atoms with Crippen molar-refractivity contribution in [2.24, 2.45) is 0 Å². The molecule has 6 heteroatoms. The molecule has 2 aromatic rings. The molecular formula is C10H7N3O3. The molecule has 0 unspecified atom stereocenters. The van der Waals surface area contributed by atoms with Crippen molar-refractivity contribution in [2.75, 3.05) is 0 Å². The molecule has 0 aliphatic carbocycles. The fourth-order valence-electron chi connectivity index (χ4n) is 1.28. The van der Waals surface area contributed by atoms with Crippen molar-refractivity contribution in [3.63, 3.8) is 0 Å². The number of pyridine rings is 1. The van der Waals surface area contributed by atoms with Gasteiger partial charge in [0, 0.05) is 18.5 Å². The van der Waals surface area contributed by atoms with E-state index in [9.17, 15) is 9.59 Å². The predicted molar refractivity (Wildman–Crippen MR) is 53.7 cm³/mol. The summed E-state index contributed by atoms with van der Waals surface area (Å²) < 4.78 is 1.26. The summed E-state index contributed by atoms with van der Waals surface area (Å²) >= 11 is 0. The summed E-state index contributed by atoms with van der Waals surface area (Å²) in [4.78, 5) is 25.3. The number of carbonyl (C=O) groups is 2. The van der Waals surface area contributed by atoms with Crippen LogP contribution < -0.4 is 0 Å². The van der Waals surface area contributed by atoms with Gasteiger partial charge in [-0.05, 0) is 12.1 Å². The molecule has 0 aromatic carbocycles. The molecule has 0 atom stereocenters. The molecule has 2 heterocycles. The predicted octanol–water partition coefficient (Wildman–Crippen LogP) is 0.778. The topological polar surface area (TPSA) is 85.1 Å². The summed E-state index contributed by atoms with van der Waals surface area (Å²) in [6.07, 6.45) is 3.62. The lowest BCUT2D eigenvalue weighted by molar-refractivity contribution is 0.0690. The third-order valence-corrected chi connectivity index (χ3v) is 1.98. The number of aromatic carboxylic acids is 1. The minimum atomic E-state index is -1.17. The number of hydrogen-bond donors (Lipinski definition) is 1. The van der Waals surface area contributed by atoms with Gasteiger partial charge in [-0.25, -0.2) is 9.48 Å². The molecule has 0 saturated carbocycles. The smallest absolute Gasteiger partial charge is 0.356 e. The average Bonchev–Trinajstić information content (AvgIpc) is 2.74. The lowest BCUT2D eigenvalue weighted by Crippen LogP contribution is -2.03. The van der Waals surface area contributed by atoms with Crippen LogP contribution in [0.1, 0.15) is 21.0 Å². The molecule has 0 saturated heterocycles. The van der Waals surface area contributed by atoms with E-state index in [1.54, 1.807) is 12.1 Å². The second-order valence-electron chi connectivity index (χ2n) is 2.99. The average molecular weight is 217 g/mol. The minimum absolute atomic E-state index is 0.168. The Balaban J connectivity index is 2.56. The van der Waals surface area contributed by atoms with Crippen LogP contribution in [0.3, 0.4) is 0 Å². The van der Waals surface area contributed by atoms with E-state index in [1.165, 1.54) is 23.1 Å². The Morgan fingerprint density at radius 1 is 1.38 bits per heavy atom. The molecule has 0 amide bonds. The molecule has 0 aliphatic rings. The number of aromatic nitrogens is 3. The number of nitrogens with zero attached hydrogens (tertiary/aromatic N) is 3. The quantitative estimate of drug-likeness (QED) is 0.768. The number of aldehydes is 1.